The largest absolute Gasteiger partial charge is 0.455 e. The molecule has 1 heterocycles. The van der Waals surface area contributed by atoms with Gasteiger partial charge in [0.2, 0.25) is 0 Å². The first-order valence-electron chi connectivity index (χ1n) is 20.2. The molecule has 0 amide bonds. The molecule has 0 unspecified atom stereocenters. The Morgan fingerprint density at radius 1 is 0.297 bits per heavy atom. The highest BCUT2D eigenvalue weighted by atomic mass is 31.1. The van der Waals surface area contributed by atoms with Crippen molar-refractivity contribution < 1.29 is 110 Å². The van der Waals surface area contributed by atoms with E-state index < -0.39 is 183 Å². The Morgan fingerprint density at radius 3 is 0.662 bits per heavy atom. The molecule has 1 aliphatic heterocycles. The lowest BCUT2D eigenvalue weighted by atomic mass is 9.76. The number of para-hydroxylation sites is 2. The molecule has 1 aliphatic rings. The van der Waals surface area contributed by atoms with Gasteiger partial charge in [0, 0.05) is 27.2 Å². The van der Waals surface area contributed by atoms with Crippen molar-refractivity contribution in [3.63, 3.8) is 0 Å². The zero-order chi connectivity index (χ0) is 55.5. The van der Waals surface area contributed by atoms with Crippen LogP contribution in [0.5, 0.6) is 11.5 Å². The van der Waals surface area contributed by atoms with Crippen LogP contribution in [0.1, 0.15) is 69.5 Å². The standard InChI is InChI=1S/C47H24F24OP2/c1-39(2)33-5-3-7-35(73(29-13-21(40(48,49)50)9-22(14-29)41(51,52)53)30-15-23(42(54,55)56)10-24(16-30)43(57,58)59)37(33)72-38-34(39)6-4-8-36(38)74(31-17-25(44(60,61)62)11-26(18-31)45(63,64)65)32-19-27(46(66,67)68)12-28(20-32)47(69,70)71/h3-20H,1-2H3. The number of fused-ring (bicyclic) bond motifs is 2. The average Bonchev–Trinajstić information content (AvgIpc) is 3.24. The summed E-state index contributed by atoms with van der Waals surface area (Å²) in [5.74, 6) is -1.65. The summed E-state index contributed by atoms with van der Waals surface area (Å²) >= 11 is 0. The highest BCUT2D eigenvalue weighted by molar-refractivity contribution is 7.80. The molecule has 1 nitrogen and oxygen atoms in total. The van der Waals surface area contributed by atoms with Crippen LogP contribution in [0.15, 0.2) is 109 Å². The molecule has 396 valence electrons. The molecule has 0 saturated carbocycles. The van der Waals surface area contributed by atoms with Gasteiger partial charge in [-0.25, -0.2) is 0 Å². The fourth-order valence-electron chi connectivity index (χ4n) is 7.97. The minimum atomic E-state index is -5.69. The van der Waals surface area contributed by atoms with Gasteiger partial charge < -0.3 is 4.74 Å². The molecule has 6 aromatic carbocycles. The van der Waals surface area contributed by atoms with Gasteiger partial charge in [-0.1, -0.05) is 50.2 Å². The van der Waals surface area contributed by atoms with Gasteiger partial charge >= 0.3 is 49.4 Å². The lowest BCUT2D eigenvalue weighted by molar-refractivity contribution is -0.144. The van der Waals surface area contributed by atoms with Crippen LogP contribution in [0.25, 0.3) is 0 Å². The molecule has 0 saturated heterocycles. The van der Waals surface area contributed by atoms with Gasteiger partial charge in [0.25, 0.3) is 0 Å². The van der Waals surface area contributed by atoms with E-state index in [1.807, 2.05) is 0 Å². The summed E-state index contributed by atoms with van der Waals surface area (Å²) in [7, 11) is -7.29. The third-order valence-electron chi connectivity index (χ3n) is 11.3. The SMILES string of the molecule is CC1(C)c2cccc(P(c3cc(C(F)(F)F)cc(C(F)(F)F)c3)c3cc(C(F)(F)F)cc(C(F)(F)F)c3)c2Oc2c(P(c3cc(C(F)(F)F)cc(C(F)(F)F)c3)c3cc(C(F)(F)F)cc(C(F)(F)F)c3)cccc21. The molecule has 0 radical (unpaired) electrons. The van der Waals surface area contributed by atoms with E-state index >= 15 is 0 Å². The first-order valence-corrected chi connectivity index (χ1v) is 22.9. The predicted molar refractivity (Wildman–Crippen MR) is 223 cm³/mol. The summed E-state index contributed by atoms with van der Waals surface area (Å²) < 4.78 is 352. The molecular weight excluding hydrogens is 1100 g/mol. The predicted octanol–water partition coefficient (Wildman–Crippen LogP) is 15.8. The zero-order valence-corrected chi connectivity index (χ0v) is 38.1. The smallest absolute Gasteiger partial charge is 0.416 e. The van der Waals surface area contributed by atoms with E-state index in [1.165, 1.54) is 13.8 Å². The van der Waals surface area contributed by atoms with Crippen molar-refractivity contribution in [2.24, 2.45) is 0 Å². The lowest BCUT2D eigenvalue weighted by Gasteiger charge is -2.38. The Hall–Kier alpha value is -5.70. The molecule has 74 heavy (non-hydrogen) atoms. The van der Waals surface area contributed by atoms with E-state index in [9.17, 15) is 105 Å². The second-order valence-corrected chi connectivity index (χ2v) is 21.1. The van der Waals surface area contributed by atoms with Gasteiger partial charge in [-0.05, 0) is 110 Å². The molecule has 0 aromatic heterocycles. The van der Waals surface area contributed by atoms with Crippen LogP contribution < -0.4 is 36.6 Å². The normalized spacial score (nSPS) is 14.8. The van der Waals surface area contributed by atoms with Crippen LogP contribution >= 0.6 is 15.8 Å². The number of rotatable bonds is 6. The molecule has 6 aromatic rings. The third-order valence-corrected chi connectivity index (χ3v) is 16.1. The average molecular weight is 1120 g/mol. The maximum atomic E-state index is 14.4. The number of hydrogen-bond donors (Lipinski definition) is 0. The van der Waals surface area contributed by atoms with Crippen molar-refractivity contribution in [1.82, 2.24) is 0 Å². The fraction of sp³-hybridized carbons (Fsp3) is 0.234. The zero-order valence-electron chi connectivity index (χ0n) is 36.3. The van der Waals surface area contributed by atoms with Gasteiger partial charge in [0.05, 0.1) is 44.5 Å². The van der Waals surface area contributed by atoms with Gasteiger partial charge in [-0.3, -0.25) is 0 Å². The quantitative estimate of drug-likeness (QED) is 0.119. The monoisotopic (exact) mass is 1120 g/mol. The van der Waals surface area contributed by atoms with Crippen LogP contribution in [-0.2, 0) is 54.8 Å². The first kappa shape index (κ1) is 56.0. The summed E-state index contributed by atoms with van der Waals surface area (Å²) in [6, 6.07) is 4.22. The summed E-state index contributed by atoms with van der Waals surface area (Å²) in [4.78, 5) is 0. The summed E-state index contributed by atoms with van der Waals surface area (Å²) in [6.45, 7) is 2.50. The lowest BCUT2D eigenvalue weighted by Crippen LogP contribution is -2.34. The Morgan fingerprint density at radius 2 is 0.486 bits per heavy atom. The molecule has 0 fully saturated rings. The minimum absolute atomic E-state index is 0.00178. The van der Waals surface area contributed by atoms with E-state index in [4.69, 9.17) is 4.74 Å². The van der Waals surface area contributed by atoms with Gasteiger partial charge in [0.1, 0.15) is 11.5 Å². The van der Waals surface area contributed by atoms with Crippen molar-refractivity contribution in [1.29, 1.82) is 0 Å². The van der Waals surface area contributed by atoms with E-state index in [2.05, 4.69) is 0 Å². The Kier molecular flexibility index (Phi) is 13.8. The number of ether oxygens (including phenoxy) is 1. The summed E-state index contributed by atoms with van der Waals surface area (Å²) in [5, 5.41) is -6.47. The molecule has 0 bridgehead atoms. The number of alkyl halides is 24. The van der Waals surface area contributed by atoms with Crippen molar-refractivity contribution in [2.75, 3.05) is 0 Å². The molecule has 7 rings (SSSR count). The molecular formula is C47H24F24OP2. The van der Waals surface area contributed by atoms with Gasteiger partial charge in [0.15, 0.2) is 0 Å². The van der Waals surface area contributed by atoms with E-state index in [0.29, 0.717) is 0 Å². The number of benzene rings is 6. The van der Waals surface area contributed by atoms with Crippen molar-refractivity contribution in [2.45, 2.75) is 68.7 Å². The van der Waals surface area contributed by atoms with E-state index in [1.54, 1.807) is 0 Å². The van der Waals surface area contributed by atoms with E-state index in [0.717, 1.165) is 36.4 Å². The van der Waals surface area contributed by atoms with Crippen LogP contribution in [0.2, 0.25) is 0 Å². The molecule has 27 heteroatoms. The Balaban J connectivity index is 1.63. The highest BCUT2D eigenvalue weighted by Crippen LogP contribution is 2.54. The van der Waals surface area contributed by atoms with Crippen molar-refractivity contribution >= 4 is 47.7 Å². The second-order valence-electron chi connectivity index (χ2n) is 16.8. The second kappa shape index (κ2) is 18.3. The maximum Gasteiger partial charge on any atom is 0.416 e. The summed E-state index contributed by atoms with van der Waals surface area (Å²) in [5.41, 5.74) is -19.2. The summed E-state index contributed by atoms with van der Waals surface area (Å²) in [6.07, 6.45) is -45.5. The maximum absolute atomic E-state index is 14.4. The minimum Gasteiger partial charge on any atom is -0.455 e. The third kappa shape index (κ3) is 11.3. The molecule has 0 atom stereocenters. The van der Waals surface area contributed by atoms with Crippen LogP contribution in [0.3, 0.4) is 0 Å². The Labute approximate surface area is 402 Å². The fourth-order valence-corrected chi connectivity index (χ4v) is 13.0. The number of halogens is 24. The first-order chi connectivity index (χ1) is 33.5. The Bertz CT molecular complexity index is 2640. The van der Waals surface area contributed by atoms with Crippen LogP contribution in [-0.4, -0.2) is 0 Å². The highest BCUT2D eigenvalue weighted by Gasteiger charge is 2.46. The molecule has 0 N–H and O–H groups in total. The molecule has 0 aliphatic carbocycles. The van der Waals surface area contributed by atoms with Gasteiger partial charge in [-0.15, -0.1) is 0 Å². The van der Waals surface area contributed by atoms with Crippen LogP contribution in [0.4, 0.5) is 105 Å². The van der Waals surface area contributed by atoms with Crippen molar-refractivity contribution in [3.05, 3.63) is 165 Å². The van der Waals surface area contributed by atoms with Crippen LogP contribution in [0, 0.1) is 0 Å². The molecule has 0 spiro atoms. The van der Waals surface area contributed by atoms with Crippen molar-refractivity contribution in [3.8, 4) is 11.5 Å². The van der Waals surface area contributed by atoms with Gasteiger partial charge in [-0.2, -0.15) is 105 Å². The number of hydrogen-bond acceptors (Lipinski definition) is 1. The van der Waals surface area contributed by atoms with E-state index in [-0.39, 0.29) is 59.7 Å². The topological polar surface area (TPSA) is 9.23 Å².